The SMILES string of the molecule is C=CC(CCCCCCC)C(=O)NCCNCCN. The highest BCUT2D eigenvalue weighted by molar-refractivity contribution is 5.80. The van der Waals surface area contributed by atoms with Crippen LogP contribution in [0.25, 0.3) is 0 Å². The van der Waals surface area contributed by atoms with Crippen LogP contribution in [0.15, 0.2) is 12.7 Å². The number of hydrogen-bond acceptors (Lipinski definition) is 3. The van der Waals surface area contributed by atoms with Crippen molar-refractivity contribution < 1.29 is 4.79 Å². The first-order valence-corrected chi connectivity index (χ1v) is 7.57. The summed E-state index contributed by atoms with van der Waals surface area (Å²) in [5, 5.41) is 6.08. The maximum atomic E-state index is 11.9. The minimum absolute atomic E-state index is 0.0452. The third kappa shape index (κ3) is 10.7. The van der Waals surface area contributed by atoms with Crippen LogP contribution < -0.4 is 16.4 Å². The fraction of sp³-hybridized carbons (Fsp3) is 0.800. The largest absolute Gasteiger partial charge is 0.354 e. The third-order valence-corrected chi connectivity index (χ3v) is 3.16. The van der Waals surface area contributed by atoms with E-state index in [1.807, 2.05) is 0 Å². The summed E-state index contributed by atoms with van der Waals surface area (Å²) in [6.07, 6.45) is 8.81. The predicted molar refractivity (Wildman–Crippen MR) is 82.0 cm³/mol. The summed E-state index contributed by atoms with van der Waals surface area (Å²) >= 11 is 0. The van der Waals surface area contributed by atoms with Gasteiger partial charge in [-0.3, -0.25) is 4.79 Å². The molecule has 112 valence electrons. The van der Waals surface area contributed by atoms with Gasteiger partial charge in [-0.25, -0.2) is 0 Å². The maximum absolute atomic E-state index is 11.9. The van der Waals surface area contributed by atoms with E-state index in [4.69, 9.17) is 5.73 Å². The van der Waals surface area contributed by atoms with Crippen LogP contribution in [-0.4, -0.2) is 32.1 Å². The van der Waals surface area contributed by atoms with Crippen LogP contribution in [0.2, 0.25) is 0 Å². The Kier molecular flexibility index (Phi) is 12.9. The Bertz CT molecular complexity index is 231. The van der Waals surface area contributed by atoms with Crippen molar-refractivity contribution in [3.8, 4) is 0 Å². The molecule has 1 amide bonds. The van der Waals surface area contributed by atoms with Gasteiger partial charge in [0.2, 0.25) is 5.91 Å². The number of rotatable bonds is 13. The molecule has 0 aliphatic rings. The highest BCUT2D eigenvalue weighted by atomic mass is 16.1. The van der Waals surface area contributed by atoms with Gasteiger partial charge in [-0.2, -0.15) is 0 Å². The van der Waals surface area contributed by atoms with E-state index >= 15 is 0 Å². The summed E-state index contributed by atoms with van der Waals surface area (Å²) in [5.74, 6) is 0.0520. The molecule has 1 atom stereocenters. The van der Waals surface area contributed by atoms with E-state index in [1.165, 1.54) is 25.7 Å². The normalized spacial score (nSPS) is 12.1. The van der Waals surface area contributed by atoms with Crippen LogP contribution in [0.1, 0.15) is 45.4 Å². The first-order chi connectivity index (χ1) is 9.26. The molecule has 0 heterocycles. The van der Waals surface area contributed by atoms with Gasteiger partial charge in [0.15, 0.2) is 0 Å². The first-order valence-electron chi connectivity index (χ1n) is 7.57. The molecule has 0 radical (unpaired) electrons. The molecule has 0 spiro atoms. The Balaban J connectivity index is 3.63. The van der Waals surface area contributed by atoms with Crippen molar-refractivity contribution in [2.45, 2.75) is 45.4 Å². The predicted octanol–water partition coefficient (Wildman–Crippen LogP) is 1.81. The van der Waals surface area contributed by atoms with Crippen LogP contribution in [-0.2, 0) is 4.79 Å². The zero-order chi connectivity index (χ0) is 14.3. The number of unbranched alkanes of at least 4 members (excludes halogenated alkanes) is 4. The summed E-state index contributed by atoms with van der Waals surface area (Å²) < 4.78 is 0. The highest BCUT2D eigenvalue weighted by Crippen LogP contribution is 2.12. The topological polar surface area (TPSA) is 67.2 Å². The highest BCUT2D eigenvalue weighted by Gasteiger charge is 2.13. The Hall–Kier alpha value is -0.870. The van der Waals surface area contributed by atoms with Crippen LogP contribution in [0, 0.1) is 5.92 Å². The van der Waals surface area contributed by atoms with Gasteiger partial charge in [-0.15, -0.1) is 6.58 Å². The van der Waals surface area contributed by atoms with Crippen LogP contribution in [0.4, 0.5) is 0 Å². The second kappa shape index (κ2) is 13.6. The lowest BCUT2D eigenvalue weighted by Gasteiger charge is -2.13. The molecule has 0 aromatic heterocycles. The molecule has 1 unspecified atom stereocenters. The maximum Gasteiger partial charge on any atom is 0.226 e. The number of nitrogens with one attached hydrogen (secondary N) is 2. The van der Waals surface area contributed by atoms with Crippen molar-refractivity contribution in [3.05, 3.63) is 12.7 Å². The Morgan fingerprint density at radius 2 is 1.95 bits per heavy atom. The molecule has 0 rings (SSSR count). The van der Waals surface area contributed by atoms with Gasteiger partial charge in [-0.1, -0.05) is 45.1 Å². The molecule has 0 fully saturated rings. The van der Waals surface area contributed by atoms with E-state index in [-0.39, 0.29) is 11.8 Å². The Morgan fingerprint density at radius 1 is 1.21 bits per heavy atom. The quantitative estimate of drug-likeness (QED) is 0.353. The summed E-state index contributed by atoms with van der Waals surface area (Å²) in [6.45, 7) is 8.80. The van der Waals surface area contributed by atoms with E-state index in [1.54, 1.807) is 6.08 Å². The van der Waals surface area contributed by atoms with Crippen molar-refractivity contribution >= 4 is 5.91 Å². The van der Waals surface area contributed by atoms with E-state index < -0.39 is 0 Å². The molecule has 4 nitrogen and oxygen atoms in total. The molecule has 0 saturated heterocycles. The number of carbonyl (C=O) groups is 1. The molecular weight excluding hydrogens is 238 g/mol. The average Bonchev–Trinajstić information content (AvgIpc) is 2.42. The zero-order valence-electron chi connectivity index (χ0n) is 12.4. The molecule has 4 N–H and O–H groups in total. The van der Waals surface area contributed by atoms with Gasteiger partial charge < -0.3 is 16.4 Å². The van der Waals surface area contributed by atoms with Crippen LogP contribution in [0.5, 0.6) is 0 Å². The minimum atomic E-state index is -0.0452. The second-order valence-electron chi connectivity index (χ2n) is 4.87. The smallest absolute Gasteiger partial charge is 0.226 e. The Labute approximate surface area is 118 Å². The molecule has 0 aromatic rings. The molecule has 0 aromatic carbocycles. The lowest BCUT2D eigenvalue weighted by atomic mass is 9.99. The van der Waals surface area contributed by atoms with Gasteiger partial charge >= 0.3 is 0 Å². The van der Waals surface area contributed by atoms with Crippen molar-refractivity contribution in [1.82, 2.24) is 10.6 Å². The van der Waals surface area contributed by atoms with E-state index in [0.717, 1.165) is 25.9 Å². The van der Waals surface area contributed by atoms with Crippen molar-refractivity contribution in [1.29, 1.82) is 0 Å². The van der Waals surface area contributed by atoms with Crippen LogP contribution in [0.3, 0.4) is 0 Å². The average molecular weight is 269 g/mol. The van der Waals surface area contributed by atoms with Gasteiger partial charge in [0.05, 0.1) is 5.92 Å². The van der Waals surface area contributed by atoms with E-state index in [0.29, 0.717) is 13.1 Å². The summed E-state index contributed by atoms with van der Waals surface area (Å²) in [7, 11) is 0. The first kappa shape index (κ1) is 18.1. The molecule has 0 aliphatic heterocycles. The number of amides is 1. The summed E-state index contributed by atoms with van der Waals surface area (Å²) in [4.78, 5) is 11.9. The Morgan fingerprint density at radius 3 is 2.58 bits per heavy atom. The third-order valence-electron chi connectivity index (χ3n) is 3.16. The molecule has 4 heteroatoms. The fourth-order valence-electron chi connectivity index (χ4n) is 1.96. The molecule has 19 heavy (non-hydrogen) atoms. The lowest BCUT2D eigenvalue weighted by Crippen LogP contribution is -2.36. The van der Waals surface area contributed by atoms with Crippen molar-refractivity contribution in [3.63, 3.8) is 0 Å². The van der Waals surface area contributed by atoms with Crippen molar-refractivity contribution in [2.24, 2.45) is 11.7 Å². The van der Waals surface area contributed by atoms with Crippen LogP contribution >= 0.6 is 0 Å². The van der Waals surface area contributed by atoms with Gasteiger partial charge in [0, 0.05) is 26.2 Å². The summed E-state index contributed by atoms with van der Waals surface area (Å²) in [5.41, 5.74) is 5.37. The molecule has 0 saturated carbocycles. The van der Waals surface area contributed by atoms with E-state index in [2.05, 4.69) is 24.1 Å². The monoisotopic (exact) mass is 269 g/mol. The van der Waals surface area contributed by atoms with Gasteiger partial charge in [-0.05, 0) is 6.42 Å². The standard InChI is InChI=1S/C15H31N3O/c1-3-5-6-7-8-9-14(4-2)15(19)18-13-12-17-11-10-16/h4,14,17H,2-3,5-13,16H2,1H3,(H,18,19). The second-order valence-corrected chi connectivity index (χ2v) is 4.87. The van der Waals surface area contributed by atoms with Gasteiger partial charge in [0.1, 0.15) is 0 Å². The fourth-order valence-corrected chi connectivity index (χ4v) is 1.96. The van der Waals surface area contributed by atoms with E-state index in [9.17, 15) is 4.79 Å². The molecular formula is C15H31N3O. The van der Waals surface area contributed by atoms with Crippen molar-refractivity contribution in [2.75, 3.05) is 26.2 Å². The lowest BCUT2D eigenvalue weighted by molar-refractivity contribution is -0.123. The summed E-state index contributed by atoms with van der Waals surface area (Å²) in [6, 6.07) is 0. The minimum Gasteiger partial charge on any atom is -0.354 e. The number of nitrogens with two attached hydrogens (primary N) is 1. The number of carbonyl (C=O) groups excluding carboxylic acids is 1. The zero-order valence-corrected chi connectivity index (χ0v) is 12.4. The number of hydrogen-bond donors (Lipinski definition) is 3. The van der Waals surface area contributed by atoms with Gasteiger partial charge in [0.25, 0.3) is 0 Å². The molecule has 0 bridgehead atoms. The molecule has 0 aliphatic carbocycles.